The van der Waals surface area contributed by atoms with Crippen LogP contribution in [0.15, 0.2) is 49.1 Å². The number of alkyl halides is 3. The average Bonchev–Trinajstić information content (AvgIpc) is 3.39. The highest BCUT2D eigenvalue weighted by atomic mass is 19.4. The Labute approximate surface area is 188 Å². The van der Waals surface area contributed by atoms with E-state index in [0.29, 0.717) is 35.4 Å². The van der Waals surface area contributed by atoms with Crippen molar-refractivity contribution in [1.29, 1.82) is 0 Å². The molecule has 2 unspecified atom stereocenters. The minimum atomic E-state index is -4.43. The summed E-state index contributed by atoms with van der Waals surface area (Å²) in [5, 5.41) is 3.23. The monoisotopic (exact) mass is 454 g/mol. The fourth-order valence-electron chi connectivity index (χ4n) is 4.74. The minimum Gasteiger partial charge on any atom is -0.365 e. The standard InChI is InChI=1S/C23H21F3N6O/c1-13-7-16(20(30-10-13)21-27-5-2-6-28-21)22(33)32-12-14-8-17(18(32)9-14)31-19-4-3-15(11-29-19)23(24,25)26/h2-7,10-11,14,17-18H,8-9,12H2,1H3,(H,29,31)/t14?,17-,18?/m0/s1. The SMILES string of the molecule is Cc1cnc(-c2ncccn2)c(C(=O)N2CC3CC2[C@@H](Nc2ccc(C(F)(F)F)cn2)C3)c1. The number of carbonyl (C=O) groups is 1. The second-order valence-corrected chi connectivity index (χ2v) is 8.52. The first-order valence-corrected chi connectivity index (χ1v) is 10.6. The Hall–Kier alpha value is -3.56. The largest absolute Gasteiger partial charge is 0.417 e. The van der Waals surface area contributed by atoms with Gasteiger partial charge in [-0.15, -0.1) is 0 Å². The van der Waals surface area contributed by atoms with Crippen molar-refractivity contribution in [2.45, 2.75) is 38.0 Å². The van der Waals surface area contributed by atoms with Gasteiger partial charge in [-0.1, -0.05) is 0 Å². The molecule has 1 saturated carbocycles. The van der Waals surface area contributed by atoms with E-state index in [9.17, 15) is 18.0 Å². The summed E-state index contributed by atoms with van der Waals surface area (Å²) in [4.78, 5) is 32.3. The van der Waals surface area contributed by atoms with E-state index in [4.69, 9.17) is 0 Å². The molecule has 3 atom stereocenters. The van der Waals surface area contributed by atoms with Crippen molar-refractivity contribution in [1.82, 2.24) is 24.8 Å². The van der Waals surface area contributed by atoms with Crippen LogP contribution in [-0.4, -0.2) is 49.4 Å². The average molecular weight is 454 g/mol. The number of likely N-dealkylation sites (tertiary alicyclic amines) is 1. The van der Waals surface area contributed by atoms with Crippen molar-refractivity contribution < 1.29 is 18.0 Å². The molecule has 3 aromatic heterocycles. The molecule has 0 spiro atoms. The molecule has 170 valence electrons. The van der Waals surface area contributed by atoms with Crippen LogP contribution in [0.5, 0.6) is 0 Å². The molecule has 2 bridgehead atoms. The van der Waals surface area contributed by atoms with E-state index in [1.165, 1.54) is 6.07 Å². The molecular weight excluding hydrogens is 433 g/mol. The van der Waals surface area contributed by atoms with Crippen molar-refractivity contribution in [2.24, 2.45) is 5.92 Å². The number of carbonyl (C=O) groups excluding carboxylic acids is 1. The molecule has 10 heteroatoms. The Morgan fingerprint density at radius 2 is 1.88 bits per heavy atom. The molecular formula is C23H21F3N6O. The summed E-state index contributed by atoms with van der Waals surface area (Å²) >= 11 is 0. The molecule has 1 aliphatic carbocycles. The molecule has 2 aliphatic rings. The number of aromatic nitrogens is 4. The summed E-state index contributed by atoms with van der Waals surface area (Å²) in [6.07, 6.45) is 2.95. The number of halogens is 3. The zero-order chi connectivity index (χ0) is 23.2. The van der Waals surface area contributed by atoms with Crippen LogP contribution in [0.2, 0.25) is 0 Å². The molecule has 1 aliphatic heterocycles. The number of amides is 1. The predicted molar refractivity (Wildman–Crippen MR) is 114 cm³/mol. The number of piperidine rings is 1. The van der Waals surface area contributed by atoms with E-state index >= 15 is 0 Å². The van der Waals surface area contributed by atoms with E-state index < -0.39 is 11.7 Å². The quantitative estimate of drug-likeness (QED) is 0.642. The van der Waals surface area contributed by atoms with Gasteiger partial charge in [-0.05, 0) is 55.5 Å². The Balaban J connectivity index is 1.37. The van der Waals surface area contributed by atoms with Crippen molar-refractivity contribution >= 4 is 11.7 Å². The highest BCUT2D eigenvalue weighted by molar-refractivity contribution is 5.99. The lowest BCUT2D eigenvalue weighted by Gasteiger charge is -2.34. The van der Waals surface area contributed by atoms with Gasteiger partial charge in [0.15, 0.2) is 5.82 Å². The van der Waals surface area contributed by atoms with E-state index in [-0.39, 0.29) is 18.0 Å². The van der Waals surface area contributed by atoms with Gasteiger partial charge in [-0.3, -0.25) is 9.78 Å². The third-order valence-electron chi connectivity index (χ3n) is 6.20. The fraction of sp³-hybridized carbons (Fsp3) is 0.348. The molecule has 1 N–H and O–H groups in total. The van der Waals surface area contributed by atoms with Crippen molar-refractivity contribution in [3.63, 3.8) is 0 Å². The summed E-state index contributed by atoms with van der Waals surface area (Å²) in [5.74, 6) is 0.922. The Bertz CT molecular complexity index is 1170. The number of hydrogen-bond donors (Lipinski definition) is 1. The summed E-state index contributed by atoms with van der Waals surface area (Å²) in [6.45, 7) is 2.50. The second kappa shape index (κ2) is 8.09. The van der Waals surface area contributed by atoms with Crippen LogP contribution in [0.3, 0.4) is 0 Å². The lowest BCUT2D eigenvalue weighted by Crippen LogP contribution is -2.48. The Morgan fingerprint density at radius 1 is 1.09 bits per heavy atom. The number of nitrogens with one attached hydrogen (secondary N) is 1. The number of hydrogen-bond acceptors (Lipinski definition) is 6. The third-order valence-corrected chi connectivity index (χ3v) is 6.20. The highest BCUT2D eigenvalue weighted by Gasteiger charge is 2.47. The van der Waals surface area contributed by atoms with Crippen LogP contribution in [0, 0.1) is 12.8 Å². The van der Waals surface area contributed by atoms with Crippen molar-refractivity contribution in [3.05, 3.63) is 65.7 Å². The number of rotatable bonds is 4. The number of pyridine rings is 2. The van der Waals surface area contributed by atoms with Crippen LogP contribution in [0.4, 0.5) is 19.0 Å². The minimum absolute atomic E-state index is 0.0864. The molecule has 0 radical (unpaired) electrons. The topological polar surface area (TPSA) is 83.9 Å². The van der Waals surface area contributed by atoms with Gasteiger partial charge in [0, 0.05) is 37.4 Å². The van der Waals surface area contributed by atoms with Gasteiger partial charge >= 0.3 is 6.18 Å². The Kier molecular flexibility index (Phi) is 5.22. The zero-order valence-corrected chi connectivity index (χ0v) is 17.8. The van der Waals surface area contributed by atoms with E-state index in [1.807, 2.05) is 11.8 Å². The number of aryl methyl sites for hydroxylation is 1. The zero-order valence-electron chi connectivity index (χ0n) is 17.8. The van der Waals surface area contributed by atoms with E-state index in [2.05, 4.69) is 25.3 Å². The van der Waals surface area contributed by atoms with Gasteiger partial charge in [-0.2, -0.15) is 13.2 Å². The predicted octanol–water partition coefficient (Wildman–Crippen LogP) is 3.98. The molecule has 0 aromatic carbocycles. The van der Waals surface area contributed by atoms with E-state index in [0.717, 1.165) is 30.7 Å². The van der Waals surface area contributed by atoms with Crippen LogP contribution in [0.25, 0.3) is 11.5 Å². The first-order chi connectivity index (χ1) is 15.8. The van der Waals surface area contributed by atoms with Gasteiger partial charge in [0.05, 0.1) is 17.2 Å². The number of nitrogens with zero attached hydrogens (tertiary/aromatic N) is 5. The maximum Gasteiger partial charge on any atom is 0.417 e. The van der Waals surface area contributed by atoms with Gasteiger partial charge in [0.2, 0.25) is 0 Å². The summed E-state index contributed by atoms with van der Waals surface area (Å²) in [5.41, 5.74) is 0.939. The number of anilines is 1. The normalized spacial score (nSPS) is 21.9. The van der Waals surface area contributed by atoms with Crippen LogP contribution in [0.1, 0.15) is 34.3 Å². The lowest BCUT2D eigenvalue weighted by molar-refractivity contribution is -0.137. The van der Waals surface area contributed by atoms with Gasteiger partial charge in [0.25, 0.3) is 5.91 Å². The smallest absolute Gasteiger partial charge is 0.365 e. The van der Waals surface area contributed by atoms with Gasteiger partial charge in [-0.25, -0.2) is 15.0 Å². The fourth-order valence-corrected chi connectivity index (χ4v) is 4.74. The summed E-state index contributed by atoms with van der Waals surface area (Å²) in [6, 6.07) is 5.66. The summed E-state index contributed by atoms with van der Waals surface area (Å²) in [7, 11) is 0. The molecule has 1 amide bonds. The van der Waals surface area contributed by atoms with Gasteiger partial charge < -0.3 is 10.2 Å². The van der Waals surface area contributed by atoms with Crippen LogP contribution in [-0.2, 0) is 6.18 Å². The van der Waals surface area contributed by atoms with Crippen molar-refractivity contribution in [3.8, 4) is 11.5 Å². The molecule has 1 saturated heterocycles. The van der Waals surface area contributed by atoms with Crippen LogP contribution < -0.4 is 5.32 Å². The van der Waals surface area contributed by atoms with Gasteiger partial charge in [0.1, 0.15) is 11.5 Å². The second-order valence-electron chi connectivity index (χ2n) is 8.52. The molecule has 3 aromatic rings. The molecule has 33 heavy (non-hydrogen) atoms. The Morgan fingerprint density at radius 3 is 2.55 bits per heavy atom. The lowest BCUT2D eigenvalue weighted by atomic mass is 10.0. The third kappa shape index (κ3) is 4.12. The van der Waals surface area contributed by atoms with E-state index in [1.54, 1.807) is 30.7 Å². The number of fused-ring (bicyclic) bond motifs is 2. The first kappa shape index (κ1) is 21.3. The molecule has 5 rings (SSSR count). The first-order valence-electron chi connectivity index (χ1n) is 10.6. The molecule has 7 nitrogen and oxygen atoms in total. The molecule has 4 heterocycles. The van der Waals surface area contributed by atoms with Crippen LogP contribution >= 0.6 is 0 Å². The van der Waals surface area contributed by atoms with Crippen molar-refractivity contribution in [2.75, 3.05) is 11.9 Å². The maximum absolute atomic E-state index is 13.6. The molecule has 2 fully saturated rings. The highest BCUT2D eigenvalue weighted by Crippen LogP contribution is 2.40. The summed E-state index contributed by atoms with van der Waals surface area (Å²) < 4.78 is 38.4. The maximum atomic E-state index is 13.6.